The van der Waals surface area contributed by atoms with Crippen LogP contribution < -0.4 is 21.7 Å². The van der Waals surface area contributed by atoms with Gasteiger partial charge in [-0.3, -0.25) is 14.4 Å². The number of aliphatic carboxylic acids is 1. The lowest BCUT2D eigenvalue weighted by atomic mass is 10.0. The molecule has 1 aromatic carbocycles. The van der Waals surface area contributed by atoms with Crippen molar-refractivity contribution >= 4 is 36.3 Å². The molecule has 3 amide bonds. The van der Waals surface area contributed by atoms with Crippen molar-refractivity contribution in [3.8, 4) is 0 Å². The number of benzene rings is 1. The molecule has 0 aliphatic heterocycles. The summed E-state index contributed by atoms with van der Waals surface area (Å²) in [5, 5.41) is 25.7. The van der Waals surface area contributed by atoms with Gasteiger partial charge in [0.25, 0.3) is 0 Å². The van der Waals surface area contributed by atoms with Crippen LogP contribution in [0, 0.1) is 5.92 Å². The van der Waals surface area contributed by atoms with Gasteiger partial charge in [0.1, 0.15) is 18.1 Å². The fourth-order valence-electron chi connectivity index (χ4n) is 2.67. The Kier molecular flexibility index (Phi) is 11.0. The van der Waals surface area contributed by atoms with Crippen molar-refractivity contribution in [2.24, 2.45) is 11.7 Å². The third kappa shape index (κ3) is 8.56. The second-order valence-corrected chi connectivity index (χ2v) is 7.72. The lowest BCUT2D eigenvalue weighted by Gasteiger charge is -2.24. The lowest BCUT2D eigenvalue weighted by molar-refractivity contribution is -0.143. The molecule has 0 spiro atoms. The first kappa shape index (κ1) is 26.4. The SMILES string of the molecule is CC(C)C(NC(=O)C(CO)NC(=O)C(CS)NC(=O)C(N)Cc1ccccc1)C(=O)O. The van der Waals surface area contributed by atoms with Gasteiger partial charge in [0.05, 0.1) is 12.6 Å². The monoisotopic (exact) mass is 454 g/mol. The van der Waals surface area contributed by atoms with Crippen LogP contribution in [-0.2, 0) is 25.6 Å². The molecule has 11 heteroatoms. The number of aliphatic hydroxyl groups is 1. The average molecular weight is 455 g/mol. The zero-order valence-electron chi connectivity index (χ0n) is 17.4. The van der Waals surface area contributed by atoms with E-state index >= 15 is 0 Å². The number of amides is 3. The van der Waals surface area contributed by atoms with Gasteiger partial charge in [0.2, 0.25) is 17.7 Å². The Morgan fingerprint density at radius 1 is 0.968 bits per heavy atom. The van der Waals surface area contributed by atoms with E-state index in [1.165, 1.54) is 0 Å². The molecule has 0 saturated carbocycles. The molecule has 0 heterocycles. The molecule has 0 radical (unpaired) electrons. The fourth-order valence-corrected chi connectivity index (χ4v) is 2.92. The van der Waals surface area contributed by atoms with Crippen LogP contribution in [0.25, 0.3) is 0 Å². The van der Waals surface area contributed by atoms with Crippen molar-refractivity contribution in [3.63, 3.8) is 0 Å². The van der Waals surface area contributed by atoms with Gasteiger partial charge < -0.3 is 31.9 Å². The number of nitrogens with two attached hydrogens (primary N) is 1. The maximum absolute atomic E-state index is 12.5. The average Bonchev–Trinajstić information content (AvgIpc) is 2.73. The van der Waals surface area contributed by atoms with E-state index in [-0.39, 0.29) is 12.2 Å². The lowest BCUT2D eigenvalue weighted by Crippen LogP contribution is -2.59. The van der Waals surface area contributed by atoms with Crippen molar-refractivity contribution < 1.29 is 29.4 Å². The van der Waals surface area contributed by atoms with Crippen LogP contribution in [-0.4, -0.2) is 70.4 Å². The number of carboxylic acid groups (broad SMARTS) is 1. The van der Waals surface area contributed by atoms with Crippen molar-refractivity contribution in [1.29, 1.82) is 0 Å². The number of rotatable bonds is 12. The molecule has 172 valence electrons. The molecule has 10 nitrogen and oxygen atoms in total. The Bertz CT molecular complexity index is 761. The first-order chi connectivity index (χ1) is 14.6. The van der Waals surface area contributed by atoms with E-state index in [1.807, 2.05) is 30.3 Å². The molecule has 4 atom stereocenters. The van der Waals surface area contributed by atoms with Gasteiger partial charge in [0.15, 0.2) is 0 Å². The van der Waals surface area contributed by atoms with Crippen LogP contribution >= 0.6 is 12.6 Å². The molecule has 0 aliphatic rings. The molecule has 4 unspecified atom stereocenters. The number of carbonyl (C=O) groups is 4. The quantitative estimate of drug-likeness (QED) is 0.192. The molecule has 1 rings (SSSR count). The highest BCUT2D eigenvalue weighted by molar-refractivity contribution is 7.80. The van der Waals surface area contributed by atoms with Gasteiger partial charge in [-0.05, 0) is 17.9 Å². The molecule has 7 N–H and O–H groups in total. The van der Waals surface area contributed by atoms with Crippen LogP contribution in [0.3, 0.4) is 0 Å². The van der Waals surface area contributed by atoms with E-state index in [0.717, 1.165) is 5.56 Å². The van der Waals surface area contributed by atoms with Gasteiger partial charge in [-0.1, -0.05) is 44.2 Å². The maximum atomic E-state index is 12.5. The maximum Gasteiger partial charge on any atom is 0.326 e. The number of hydrogen-bond donors (Lipinski definition) is 7. The van der Waals surface area contributed by atoms with Gasteiger partial charge in [-0.15, -0.1) is 0 Å². The Labute approximate surface area is 186 Å². The summed E-state index contributed by atoms with van der Waals surface area (Å²) in [4.78, 5) is 48.4. The molecular weight excluding hydrogens is 424 g/mol. The summed E-state index contributed by atoms with van der Waals surface area (Å²) < 4.78 is 0. The van der Waals surface area contributed by atoms with E-state index in [9.17, 15) is 29.4 Å². The minimum absolute atomic E-state index is 0.0842. The molecule has 31 heavy (non-hydrogen) atoms. The topological polar surface area (TPSA) is 171 Å². The Morgan fingerprint density at radius 2 is 1.52 bits per heavy atom. The summed E-state index contributed by atoms with van der Waals surface area (Å²) in [6, 6.07) is 4.52. The number of carbonyl (C=O) groups excluding carboxylic acids is 3. The van der Waals surface area contributed by atoms with Gasteiger partial charge in [0, 0.05) is 5.75 Å². The Balaban J connectivity index is 2.71. The van der Waals surface area contributed by atoms with Gasteiger partial charge in [-0.2, -0.15) is 12.6 Å². The number of carboxylic acids is 1. The zero-order chi connectivity index (χ0) is 23.6. The number of hydrogen-bond acceptors (Lipinski definition) is 7. The Morgan fingerprint density at radius 3 is 2.00 bits per heavy atom. The van der Waals surface area contributed by atoms with Crippen LogP contribution in [0.1, 0.15) is 19.4 Å². The van der Waals surface area contributed by atoms with E-state index < -0.39 is 60.4 Å². The standard InChI is InChI=1S/C20H30N4O6S/c1-11(2)16(20(29)30)24-18(27)14(9-25)22-19(28)15(10-31)23-17(26)13(21)8-12-6-4-3-5-7-12/h3-7,11,13-16,25,31H,8-10,21H2,1-2H3,(H,22,28)(H,23,26)(H,24,27)(H,29,30). The smallest absolute Gasteiger partial charge is 0.326 e. The molecule has 1 aromatic rings. The van der Waals surface area contributed by atoms with E-state index in [1.54, 1.807) is 13.8 Å². The third-order valence-corrected chi connectivity index (χ3v) is 4.86. The predicted molar refractivity (Wildman–Crippen MR) is 117 cm³/mol. The van der Waals surface area contributed by atoms with E-state index in [4.69, 9.17) is 5.73 Å². The fraction of sp³-hybridized carbons (Fsp3) is 0.500. The van der Waals surface area contributed by atoms with Gasteiger partial charge >= 0.3 is 5.97 Å². The summed E-state index contributed by atoms with van der Waals surface area (Å²) in [5.74, 6) is -3.93. The largest absolute Gasteiger partial charge is 0.480 e. The van der Waals surface area contributed by atoms with E-state index in [0.29, 0.717) is 0 Å². The first-order valence-electron chi connectivity index (χ1n) is 9.75. The normalized spacial score (nSPS) is 14.8. The minimum atomic E-state index is -1.40. The minimum Gasteiger partial charge on any atom is -0.480 e. The van der Waals surface area contributed by atoms with Crippen LogP contribution in [0.2, 0.25) is 0 Å². The van der Waals surface area contributed by atoms with Crippen molar-refractivity contribution in [2.75, 3.05) is 12.4 Å². The van der Waals surface area contributed by atoms with Crippen LogP contribution in [0.4, 0.5) is 0 Å². The molecule has 0 saturated heterocycles. The zero-order valence-corrected chi connectivity index (χ0v) is 18.3. The molecule has 0 aromatic heterocycles. The Hall–Kier alpha value is -2.63. The second kappa shape index (κ2) is 12.9. The summed E-state index contributed by atoms with van der Waals surface area (Å²) in [6.45, 7) is 2.45. The highest BCUT2D eigenvalue weighted by atomic mass is 32.1. The summed E-state index contributed by atoms with van der Waals surface area (Å²) in [7, 11) is 0. The highest BCUT2D eigenvalue weighted by Crippen LogP contribution is 2.04. The van der Waals surface area contributed by atoms with Crippen LogP contribution in [0.5, 0.6) is 0 Å². The van der Waals surface area contributed by atoms with E-state index in [2.05, 4.69) is 28.6 Å². The molecule has 0 aliphatic carbocycles. The molecule has 0 fully saturated rings. The first-order valence-corrected chi connectivity index (χ1v) is 10.4. The highest BCUT2D eigenvalue weighted by Gasteiger charge is 2.30. The van der Waals surface area contributed by atoms with Crippen LogP contribution in [0.15, 0.2) is 30.3 Å². The van der Waals surface area contributed by atoms with Crippen molar-refractivity contribution in [2.45, 2.75) is 44.4 Å². The predicted octanol–water partition coefficient (Wildman–Crippen LogP) is -1.33. The number of nitrogens with one attached hydrogen (secondary N) is 3. The summed E-state index contributed by atoms with van der Waals surface area (Å²) in [6.07, 6.45) is 0.265. The number of thiol groups is 1. The van der Waals surface area contributed by atoms with Crippen molar-refractivity contribution in [3.05, 3.63) is 35.9 Å². The molecular formula is C20H30N4O6S. The van der Waals surface area contributed by atoms with Crippen molar-refractivity contribution in [1.82, 2.24) is 16.0 Å². The summed E-state index contributed by atoms with van der Waals surface area (Å²) >= 11 is 4.05. The van der Waals surface area contributed by atoms with Gasteiger partial charge in [-0.25, -0.2) is 4.79 Å². The third-order valence-electron chi connectivity index (χ3n) is 4.50. The summed E-state index contributed by atoms with van der Waals surface area (Å²) in [5.41, 5.74) is 6.76. The second-order valence-electron chi connectivity index (χ2n) is 7.35. The number of aliphatic hydroxyl groups excluding tert-OH is 1. The molecule has 0 bridgehead atoms.